The van der Waals surface area contributed by atoms with Crippen LogP contribution in [0.1, 0.15) is 60.8 Å². The van der Waals surface area contributed by atoms with Crippen LogP contribution in [0.15, 0.2) is 24.3 Å². The molecule has 2 saturated carbocycles. The van der Waals surface area contributed by atoms with Crippen LogP contribution in [0.4, 0.5) is 0 Å². The number of benzene rings is 1. The minimum atomic E-state index is -0.184. The van der Waals surface area contributed by atoms with E-state index in [2.05, 4.69) is 15.2 Å². The summed E-state index contributed by atoms with van der Waals surface area (Å²) < 4.78 is 5.24. The Hall–Kier alpha value is -2.83. The lowest BCUT2D eigenvalue weighted by molar-refractivity contribution is -0.135. The zero-order valence-electron chi connectivity index (χ0n) is 18.2. The van der Waals surface area contributed by atoms with E-state index in [0.717, 1.165) is 49.5 Å². The van der Waals surface area contributed by atoms with E-state index in [1.165, 1.54) is 19.3 Å². The monoisotopic (exact) mass is 422 g/mol. The third kappa shape index (κ3) is 3.50. The summed E-state index contributed by atoms with van der Waals surface area (Å²) in [4.78, 5) is 35.5. The fraction of sp³-hybridized carbons (Fsp3) is 0.542. The average Bonchev–Trinajstić information content (AvgIpc) is 3.43. The lowest BCUT2D eigenvalue weighted by Gasteiger charge is -2.33. The number of ether oxygens (including phenoxy) is 1. The Morgan fingerprint density at radius 1 is 1.19 bits per heavy atom. The van der Waals surface area contributed by atoms with Gasteiger partial charge in [-0.05, 0) is 61.8 Å². The lowest BCUT2D eigenvalue weighted by atomic mass is 9.79. The summed E-state index contributed by atoms with van der Waals surface area (Å²) in [6.45, 7) is 1.54. The summed E-state index contributed by atoms with van der Waals surface area (Å²) in [5, 5.41) is 2.70. The van der Waals surface area contributed by atoms with E-state index in [-0.39, 0.29) is 17.7 Å². The summed E-state index contributed by atoms with van der Waals surface area (Å²) in [5.41, 5.74) is 2.38. The Morgan fingerprint density at radius 3 is 2.45 bits per heavy atom. The zero-order chi connectivity index (χ0) is 21.6. The highest BCUT2D eigenvalue weighted by Gasteiger charge is 2.61. The second-order valence-corrected chi connectivity index (χ2v) is 9.23. The van der Waals surface area contributed by atoms with Gasteiger partial charge < -0.3 is 19.9 Å². The Labute approximate surface area is 182 Å². The predicted octanol–water partition coefficient (Wildman–Crippen LogP) is 3.34. The molecule has 31 heavy (non-hydrogen) atoms. The molecule has 7 heteroatoms. The van der Waals surface area contributed by atoms with E-state index < -0.39 is 0 Å². The largest absolute Gasteiger partial charge is 0.497 e. The minimum absolute atomic E-state index is 0.184. The van der Waals surface area contributed by atoms with Crippen molar-refractivity contribution < 1.29 is 14.3 Å². The average molecular weight is 423 g/mol. The third-order valence-electron chi connectivity index (χ3n) is 7.57. The van der Waals surface area contributed by atoms with Gasteiger partial charge in [0.2, 0.25) is 5.91 Å². The van der Waals surface area contributed by atoms with Crippen molar-refractivity contribution in [1.29, 1.82) is 0 Å². The third-order valence-corrected chi connectivity index (χ3v) is 7.57. The van der Waals surface area contributed by atoms with Gasteiger partial charge in [0, 0.05) is 37.5 Å². The lowest BCUT2D eigenvalue weighted by Crippen LogP contribution is -2.40. The Balaban J connectivity index is 1.30. The highest BCUT2D eigenvalue weighted by atomic mass is 16.5. The standard InChI is InChI=1S/C24H30N4O3/c1-25-22(29)20-19(15-4-6-17(31-2)7-5-15)26-21(27-20)16-8-12-28(13-9-16)23(30)18-14-24(18)10-3-11-24/h4-7,16,18H,3,8-14H2,1-2H3,(H,25,29)(H,26,27)/t18-/m0/s1. The topological polar surface area (TPSA) is 87.3 Å². The van der Waals surface area contributed by atoms with Crippen LogP contribution >= 0.6 is 0 Å². The van der Waals surface area contributed by atoms with Gasteiger partial charge in [-0.25, -0.2) is 4.98 Å². The van der Waals surface area contributed by atoms with Crippen molar-refractivity contribution >= 4 is 11.8 Å². The number of rotatable bonds is 5. The number of amides is 2. The molecule has 2 aromatic rings. The molecule has 1 aliphatic heterocycles. The number of carbonyl (C=O) groups excluding carboxylic acids is 2. The fourth-order valence-corrected chi connectivity index (χ4v) is 5.31. The summed E-state index contributed by atoms with van der Waals surface area (Å²) in [6, 6.07) is 7.57. The van der Waals surface area contributed by atoms with Gasteiger partial charge in [-0.15, -0.1) is 0 Å². The number of hydrogen-bond donors (Lipinski definition) is 2. The van der Waals surface area contributed by atoms with Gasteiger partial charge in [0.15, 0.2) is 0 Å². The van der Waals surface area contributed by atoms with Crippen LogP contribution in [-0.4, -0.2) is 53.9 Å². The molecule has 0 bridgehead atoms. The summed E-state index contributed by atoms with van der Waals surface area (Å²) in [7, 11) is 3.25. The molecule has 164 valence electrons. The molecule has 1 atom stereocenters. The van der Waals surface area contributed by atoms with E-state index in [9.17, 15) is 9.59 Å². The molecule has 7 nitrogen and oxygen atoms in total. The van der Waals surface area contributed by atoms with E-state index in [4.69, 9.17) is 9.72 Å². The van der Waals surface area contributed by atoms with Crippen molar-refractivity contribution in [3.63, 3.8) is 0 Å². The molecule has 1 aromatic carbocycles. The van der Waals surface area contributed by atoms with E-state index >= 15 is 0 Å². The van der Waals surface area contributed by atoms with Crippen molar-refractivity contribution in [3.05, 3.63) is 35.8 Å². The van der Waals surface area contributed by atoms with Gasteiger partial charge in [-0.2, -0.15) is 0 Å². The van der Waals surface area contributed by atoms with Crippen molar-refractivity contribution in [2.75, 3.05) is 27.2 Å². The van der Waals surface area contributed by atoms with Gasteiger partial charge in [0.05, 0.1) is 7.11 Å². The van der Waals surface area contributed by atoms with E-state index in [0.29, 0.717) is 22.7 Å². The molecule has 0 unspecified atom stereocenters. The molecule has 1 aromatic heterocycles. The van der Waals surface area contributed by atoms with Gasteiger partial charge in [-0.3, -0.25) is 9.59 Å². The van der Waals surface area contributed by atoms with Crippen LogP contribution in [0, 0.1) is 11.3 Å². The second kappa shape index (κ2) is 7.70. The molecule has 3 aliphatic rings. The van der Waals surface area contributed by atoms with Gasteiger partial charge in [0.1, 0.15) is 23.0 Å². The van der Waals surface area contributed by atoms with E-state index in [1.54, 1.807) is 14.2 Å². The van der Waals surface area contributed by atoms with Gasteiger partial charge in [0.25, 0.3) is 5.91 Å². The number of nitrogens with zero attached hydrogens (tertiary/aromatic N) is 2. The minimum Gasteiger partial charge on any atom is -0.497 e. The maximum Gasteiger partial charge on any atom is 0.269 e. The maximum absolute atomic E-state index is 12.9. The Morgan fingerprint density at radius 2 is 1.90 bits per heavy atom. The van der Waals surface area contributed by atoms with Crippen LogP contribution < -0.4 is 10.1 Å². The molecule has 2 amide bonds. The number of imidazole rings is 1. The molecule has 2 heterocycles. The second-order valence-electron chi connectivity index (χ2n) is 9.23. The van der Waals surface area contributed by atoms with Crippen LogP contribution in [-0.2, 0) is 4.79 Å². The summed E-state index contributed by atoms with van der Waals surface area (Å²) >= 11 is 0. The number of likely N-dealkylation sites (tertiary alicyclic amines) is 1. The normalized spacial score (nSPS) is 22.1. The number of aromatic amines is 1. The number of hydrogen-bond acceptors (Lipinski definition) is 4. The van der Waals surface area contributed by atoms with Crippen molar-refractivity contribution in [2.45, 2.75) is 44.4 Å². The quantitative estimate of drug-likeness (QED) is 0.774. The Bertz CT molecular complexity index is 985. The number of H-pyrrole nitrogens is 1. The number of piperidine rings is 1. The van der Waals surface area contributed by atoms with Crippen LogP contribution in [0.5, 0.6) is 5.75 Å². The number of carbonyl (C=O) groups is 2. The first kappa shape index (κ1) is 20.1. The first-order valence-electron chi connectivity index (χ1n) is 11.3. The van der Waals surface area contributed by atoms with Crippen LogP contribution in [0.2, 0.25) is 0 Å². The van der Waals surface area contributed by atoms with Crippen LogP contribution in [0.25, 0.3) is 11.3 Å². The summed E-state index contributed by atoms with van der Waals surface area (Å²) in [5.74, 6) is 2.27. The molecular weight excluding hydrogens is 392 g/mol. The van der Waals surface area contributed by atoms with Crippen molar-refractivity contribution in [2.24, 2.45) is 11.3 Å². The zero-order valence-corrected chi connectivity index (χ0v) is 18.2. The van der Waals surface area contributed by atoms with Crippen LogP contribution in [0.3, 0.4) is 0 Å². The van der Waals surface area contributed by atoms with Crippen molar-refractivity contribution in [1.82, 2.24) is 20.2 Å². The molecule has 1 saturated heterocycles. The molecular formula is C24H30N4O3. The van der Waals surface area contributed by atoms with Gasteiger partial charge in [-0.1, -0.05) is 6.42 Å². The smallest absolute Gasteiger partial charge is 0.269 e. The molecule has 2 N–H and O–H groups in total. The van der Waals surface area contributed by atoms with E-state index in [1.807, 2.05) is 24.3 Å². The number of nitrogens with one attached hydrogen (secondary N) is 2. The molecule has 1 spiro atoms. The molecule has 5 rings (SSSR count). The Kier molecular flexibility index (Phi) is 4.99. The number of methoxy groups -OCH3 is 1. The first-order chi connectivity index (χ1) is 15.0. The SMILES string of the molecule is CNC(=O)c1[nH]c(C2CCN(C(=O)[C@@H]3CC34CCC4)CC2)nc1-c1ccc(OC)cc1. The highest BCUT2D eigenvalue weighted by Crippen LogP contribution is 2.66. The summed E-state index contributed by atoms with van der Waals surface area (Å²) in [6.07, 6.45) is 6.60. The van der Waals surface area contributed by atoms with Gasteiger partial charge >= 0.3 is 0 Å². The molecule has 3 fully saturated rings. The first-order valence-corrected chi connectivity index (χ1v) is 11.3. The van der Waals surface area contributed by atoms with Crippen molar-refractivity contribution in [3.8, 4) is 17.0 Å². The number of aromatic nitrogens is 2. The molecule has 0 radical (unpaired) electrons. The predicted molar refractivity (Wildman–Crippen MR) is 117 cm³/mol. The fourth-order valence-electron chi connectivity index (χ4n) is 5.31. The maximum atomic E-state index is 12.9. The highest BCUT2D eigenvalue weighted by molar-refractivity contribution is 5.98. The molecule has 2 aliphatic carbocycles.